The van der Waals surface area contributed by atoms with Gasteiger partial charge in [-0.05, 0) is 37.1 Å². The van der Waals surface area contributed by atoms with E-state index in [4.69, 9.17) is 0 Å². The zero-order valence-corrected chi connectivity index (χ0v) is 12.0. The quantitative estimate of drug-likeness (QED) is 0.800. The lowest BCUT2D eigenvalue weighted by molar-refractivity contribution is -0.137. The minimum absolute atomic E-state index is 0.0936. The number of hydrogen-bond acceptors (Lipinski definition) is 2. The van der Waals surface area contributed by atoms with E-state index in [1.807, 2.05) is 56.3 Å². The molecule has 0 bridgehead atoms. The highest BCUT2D eigenvalue weighted by Crippen LogP contribution is 2.29. The standard InChI is InChI=1S/C17H16N2O2/c1-11-6-5-7-12(2)16(11)17-18-13-8-3-4-9-14(13)19(17)10-15(20)21/h3-9H,10H2,1-2H3,(H,20,21). The van der Waals surface area contributed by atoms with Crippen molar-refractivity contribution in [3.05, 3.63) is 53.6 Å². The normalized spacial score (nSPS) is 11.0. The van der Waals surface area contributed by atoms with E-state index in [2.05, 4.69) is 4.98 Å². The molecule has 0 aliphatic carbocycles. The molecule has 1 N–H and O–H groups in total. The van der Waals surface area contributed by atoms with Crippen LogP contribution in [0.25, 0.3) is 22.4 Å². The van der Waals surface area contributed by atoms with E-state index in [9.17, 15) is 9.90 Å². The third kappa shape index (κ3) is 2.29. The molecule has 0 fully saturated rings. The highest BCUT2D eigenvalue weighted by atomic mass is 16.4. The summed E-state index contributed by atoms with van der Waals surface area (Å²) in [5.74, 6) is -0.153. The Morgan fingerprint density at radius 2 is 1.76 bits per heavy atom. The van der Waals surface area contributed by atoms with Gasteiger partial charge in [-0.3, -0.25) is 4.79 Å². The molecule has 0 saturated heterocycles. The van der Waals surface area contributed by atoms with Gasteiger partial charge in [0.15, 0.2) is 0 Å². The summed E-state index contributed by atoms with van der Waals surface area (Å²) < 4.78 is 1.77. The molecular weight excluding hydrogens is 264 g/mol. The number of carbonyl (C=O) groups is 1. The van der Waals surface area contributed by atoms with Crippen LogP contribution in [0.1, 0.15) is 11.1 Å². The highest BCUT2D eigenvalue weighted by Gasteiger charge is 2.17. The Labute approximate surface area is 122 Å². The number of hydrogen-bond donors (Lipinski definition) is 1. The maximum Gasteiger partial charge on any atom is 0.323 e. The van der Waals surface area contributed by atoms with Crippen molar-refractivity contribution in [2.45, 2.75) is 20.4 Å². The Balaban J connectivity index is 2.34. The fourth-order valence-electron chi connectivity index (χ4n) is 2.73. The van der Waals surface area contributed by atoms with E-state index >= 15 is 0 Å². The van der Waals surface area contributed by atoms with Crippen LogP contribution in [0.4, 0.5) is 0 Å². The Morgan fingerprint density at radius 3 is 2.43 bits per heavy atom. The summed E-state index contributed by atoms with van der Waals surface area (Å²) in [6.07, 6.45) is 0. The third-order valence-corrected chi connectivity index (χ3v) is 3.65. The maximum absolute atomic E-state index is 11.2. The van der Waals surface area contributed by atoms with Crippen LogP contribution < -0.4 is 0 Å². The van der Waals surface area contributed by atoms with Crippen molar-refractivity contribution in [2.24, 2.45) is 0 Å². The van der Waals surface area contributed by atoms with Gasteiger partial charge >= 0.3 is 5.97 Å². The predicted octanol–water partition coefficient (Wildman–Crippen LogP) is 3.40. The number of fused-ring (bicyclic) bond motifs is 1. The molecule has 0 unspecified atom stereocenters. The molecule has 0 radical (unpaired) electrons. The van der Waals surface area contributed by atoms with Crippen LogP contribution in [-0.2, 0) is 11.3 Å². The van der Waals surface area contributed by atoms with Crippen molar-refractivity contribution in [3.8, 4) is 11.4 Å². The average Bonchev–Trinajstić information content (AvgIpc) is 2.77. The zero-order valence-electron chi connectivity index (χ0n) is 12.0. The monoisotopic (exact) mass is 280 g/mol. The number of rotatable bonds is 3. The number of aromatic nitrogens is 2. The molecule has 3 rings (SSSR count). The largest absolute Gasteiger partial charge is 0.480 e. The van der Waals surface area contributed by atoms with E-state index in [-0.39, 0.29) is 6.54 Å². The minimum atomic E-state index is -0.870. The Kier molecular flexibility index (Phi) is 3.22. The van der Waals surface area contributed by atoms with Gasteiger partial charge in [-0.2, -0.15) is 0 Å². The molecule has 4 nitrogen and oxygen atoms in total. The Bertz CT molecular complexity index is 814. The molecule has 106 valence electrons. The molecule has 0 aliphatic heterocycles. The number of carboxylic acid groups (broad SMARTS) is 1. The van der Waals surface area contributed by atoms with Gasteiger partial charge in [0.2, 0.25) is 0 Å². The lowest BCUT2D eigenvalue weighted by atomic mass is 10.0. The van der Waals surface area contributed by atoms with Crippen molar-refractivity contribution in [1.82, 2.24) is 9.55 Å². The molecule has 4 heteroatoms. The minimum Gasteiger partial charge on any atom is -0.480 e. The van der Waals surface area contributed by atoms with Crippen LogP contribution in [0.15, 0.2) is 42.5 Å². The van der Waals surface area contributed by atoms with E-state index in [1.54, 1.807) is 4.57 Å². The number of aryl methyl sites for hydroxylation is 2. The zero-order chi connectivity index (χ0) is 15.0. The molecule has 0 saturated carbocycles. The number of carboxylic acids is 1. The fourth-order valence-corrected chi connectivity index (χ4v) is 2.73. The maximum atomic E-state index is 11.2. The molecule has 1 heterocycles. The number of para-hydroxylation sites is 2. The van der Waals surface area contributed by atoms with Gasteiger partial charge in [0.1, 0.15) is 12.4 Å². The van der Waals surface area contributed by atoms with Crippen molar-refractivity contribution < 1.29 is 9.90 Å². The summed E-state index contributed by atoms with van der Waals surface area (Å²) in [6.45, 7) is 3.95. The van der Waals surface area contributed by atoms with Crippen molar-refractivity contribution in [2.75, 3.05) is 0 Å². The van der Waals surface area contributed by atoms with Crippen LogP contribution in [-0.4, -0.2) is 20.6 Å². The molecule has 2 aromatic carbocycles. The van der Waals surface area contributed by atoms with E-state index in [0.29, 0.717) is 5.82 Å². The van der Waals surface area contributed by atoms with Gasteiger partial charge in [0, 0.05) is 5.56 Å². The molecule has 3 aromatic rings. The van der Waals surface area contributed by atoms with E-state index in [0.717, 1.165) is 27.7 Å². The Hall–Kier alpha value is -2.62. The summed E-state index contributed by atoms with van der Waals surface area (Å²) in [5, 5.41) is 9.21. The van der Waals surface area contributed by atoms with Crippen molar-refractivity contribution in [1.29, 1.82) is 0 Å². The molecule has 1 aromatic heterocycles. The SMILES string of the molecule is Cc1cccc(C)c1-c1nc2ccccc2n1CC(=O)O. The van der Waals surface area contributed by atoms with E-state index < -0.39 is 5.97 Å². The summed E-state index contributed by atoms with van der Waals surface area (Å²) in [6, 6.07) is 13.7. The molecule has 0 amide bonds. The predicted molar refractivity (Wildman–Crippen MR) is 82.3 cm³/mol. The second kappa shape index (κ2) is 5.05. The van der Waals surface area contributed by atoms with Crippen LogP contribution in [0, 0.1) is 13.8 Å². The highest BCUT2D eigenvalue weighted by molar-refractivity contribution is 5.84. The van der Waals surface area contributed by atoms with Crippen LogP contribution in [0.3, 0.4) is 0 Å². The number of imidazole rings is 1. The first kappa shape index (κ1) is 13.4. The van der Waals surface area contributed by atoms with Crippen molar-refractivity contribution >= 4 is 17.0 Å². The molecule has 0 atom stereocenters. The number of aliphatic carboxylic acids is 1. The molecule has 0 aliphatic rings. The van der Waals surface area contributed by atoms with Gasteiger partial charge in [-0.1, -0.05) is 30.3 Å². The van der Waals surface area contributed by atoms with Crippen molar-refractivity contribution in [3.63, 3.8) is 0 Å². The van der Waals surface area contributed by atoms with Crippen LogP contribution >= 0.6 is 0 Å². The number of nitrogens with zero attached hydrogens (tertiary/aromatic N) is 2. The molecule has 0 spiro atoms. The fraction of sp³-hybridized carbons (Fsp3) is 0.176. The second-order valence-corrected chi connectivity index (χ2v) is 5.17. The topological polar surface area (TPSA) is 55.1 Å². The molecular formula is C17H16N2O2. The van der Waals surface area contributed by atoms with Gasteiger partial charge < -0.3 is 9.67 Å². The first-order chi connectivity index (χ1) is 10.1. The first-order valence-corrected chi connectivity index (χ1v) is 6.81. The third-order valence-electron chi connectivity index (χ3n) is 3.65. The summed E-state index contributed by atoms with van der Waals surface area (Å²) >= 11 is 0. The summed E-state index contributed by atoms with van der Waals surface area (Å²) in [5.41, 5.74) is 4.86. The first-order valence-electron chi connectivity index (χ1n) is 6.81. The van der Waals surface area contributed by atoms with Gasteiger partial charge in [0.25, 0.3) is 0 Å². The summed E-state index contributed by atoms with van der Waals surface area (Å²) in [4.78, 5) is 15.9. The molecule has 21 heavy (non-hydrogen) atoms. The van der Waals surface area contributed by atoms with Crippen LogP contribution in [0.5, 0.6) is 0 Å². The lowest BCUT2D eigenvalue weighted by Gasteiger charge is -2.11. The summed E-state index contributed by atoms with van der Waals surface area (Å²) in [7, 11) is 0. The second-order valence-electron chi connectivity index (χ2n) is 5.17. The average molecular weight is 280 g/mol. The Morgan fingerprint density at radius 1 is 1.10 bits per heavy atom. The van der Waals surface area contributed by atoms with Gasteiger partial charge in [0.05, 0.1) is 11.0 Å². The van der Waals surface area contributed by atoms with Crippen LogP contribution in [0.2, 0.25) is 0 Å². The van der Waals surface area contributed by atoms with Gasteiger partial charge in [-0.15, -0.1) is 0 Å². The lowest BCUT2D eigenvalue weighted by Crippen LogP contribution is -2.10. The van der Waals surface area contributed by atoms with E-state index in [1.165, 1.54) is 0 Å². The smallest absolute Gasteiger partial charge is 0.323 e. The number of benzene rings is 2. The van der Waals surface area contributed by atoms with Gasteiger partial charge in [-0.25, -0.2) is 4.98 Å².